The number of hydrogen-bond acceptors (Lipinski definition) is 4. The molecule has 2 aromatic rings. The van der Waals surface area contributed by atoms with E-state index in [9.17, 15) is 9.90 Å². The monoisotopic (exact) mass is 384 g/mol. The summed E-state index contributed by atoms with van der Waals surface area (Å²) >= 11 is 0. The Labute approximate surface area is 168 Å². The Morgan fingerprint density at radius 2 is 1.57 bits per heavy atom. The topological polar surface area (TPSA) is 55.8 Å². The molecule has 152 valence electrons. The maximum atomic E-state index is 11.8. The van der Waals surface area contributed by atoms with E-state index in [0.717, 1.165) is 12.8 Å². The molecule has 0 radical (unpaired) electrons. The first-order valence-corrected chi connectivity index (χ1v) is 9.91. The zero-order valence-corrected chi connectivity index (χ0v) is 17.6. The molecule has 0 fully saturated rings. The maximum Gasteiger partial charge on any atom is 0.344 e. The minimum absolute atomic E-state index is 0.0923. The molecule has 28 heavy (non-hydrogen) atoms. The van der Waals surface area contributed by atoms with Crippen LogP contribution in [-0.2, 0) is 9.53 Å². The number of esters is 1. The van der Waals surface area contributed by atoms with E-state index in [2.05, 4.69) is 26.0 Å². The second kappa shape index (κ2) is 9.63. The predicted octanol–water partition coefficient (Wildman–Crippen LogP) is 5.80. The minimum Gasteiger partial charge on any atom is -0.508 e. The van der Waals surface area contributed by atoms with E-state index in [1.807, 2.05) is 45.0 Å². The van der Waals surface area contributed by atoms with E-state index in [1.54, 1.807) is 12.1 Å². The van der Waals surface area contributed by atoms with Gasteiger partial charge in [0.15, 0.2) is 6.61 Å². The lowest BCUT2D eigenvalue weighted by molar-refractivity contribution is -0.157. The lowest BCUT2D eigenvalue weighted by Gasteiger charge is -2.21. The molecule has 0 heterocycles. The van der Waals surface area contributed by atoms with E-state index in [0.29, 0.717) is 23.3 Å². The van der Waals surface area contributed by atoms with Crippen molar-refractivity contribution in [2.24, 2.45) is 0 Å². The smallest absolute Gasteiger partial charge is 0.344 e. The van der Waals surface area contributed by atoms with Crippen LogP contribution in [0.4, 0.5) is 0 Å². The van der Waals surface area contributed by atoms with Gasteiger partial charge in [0.1, 0.15) is 17.1 Å². The molecule has 0 aliphatic heterocycles. The van der Waals surface area contributed by atoms with Crippen LogP contribution in [-0.4, -0.2) is 23.3 Å². The summed E-state index contributed by atoms with van der Waals surface area (Å²) in [6.45, 7) is 9.83. The molecule has 0 saturated carbocycles. The van der Waals surface area contributed by atoms with Crippen molar-refractivity contribution in [3.05, 3.63) is 59.7 Å². The Bertz CT molecular complexity index is 742. The number of carbonyl (C=O) groups is 1. The zero-order valence-electron chi connectivity index (χ0n) is 17.6. The van der Waals surface area contributed by atoms with Crippen LogP contribution in [0.1, 0.15) is 70.4 Å². The molecule has 0 amide bonds. The quantitative estimate of drug-likeness (QED) is 0.584. The molecule has 0 aromatic heterocycles. The van der Waals surface area contributed by atoms with Crippen molar-refractivity contribution in [3.63, 3.8) is 0 Å². The van der Waals surface area contributed by atoms with E-state index < -0.39 is 5.60 Å². The van der Waals surface area contributed by atoms with Crippen LogP contribution in [0.3, 0.4) is 0 Å². The third kappa shape index (κ3) is 6.91. The third-order valence-corrected chi connectivity index (χ3v) is 4.72. The molecule has 2 aromatic carbocycles. The van der Waals surface area contributed by atoms with Gasteiger partial charge in [0.05, 0.1) is 0 Å². The highest BCUT2D eigenvalue weighted by Gasteiger charge is 2.17. The SMILES string of the molecule is CCC(CC(C)c1ccc(OCC(=O)OC(C)(C)C)cc1)c1ccc(O)cc1. The summed E-state index contributed by atoms with van der Waals surface area (Å²) < 4.78 is 10.8. The van der Waals surface area contributed by atoms with E-state index in [-0.39, 0.29) is 12.6 Å². The fourth-order valence-electron chi connectivity index (χ4n) is 3.25. The Balaban J connectivity index is 1.92. The van der Waals surface area contributed by atoms with Crippen LogP contribution in [0.5, 0.6) is 11.5 Å². The van der Waals surface area contributed by atoms with Crippen LogP contribution in [0.2, 0.25) is 0 Å². The van der Waals surface area contributed by atoms with Gasteiger partial charge in [0, 0.05) is 0 Å². The van der Waals surface area contributed by atoms with Gasteiger partial charge in [-0.05, 0) is 80.8 Å². The fourth-order valence-corrected chi connectivity index (χ4v) is 3.25. The Morgan fingerprint density at radius 3 is 2.11 bits per heavy atom. The van der Waals surface area contributed by atoms with Gasteiger partial charge in [-0.25, -0.2) is 4.79 Å². The first kappa shape index (κ1) is 21.8. The lowest BCUT2D eigenvalue weighted by atomic mass is 9.84. The van der Waals surface area contributed by atoms with Crippen LogP contribution < -0.4 is 4.74 Å². The summed E-state index contributed by atoms with van der Waals surface area (Å²) in [4.78, 5) is 11.8. The molecule has 0 spiro atoms. The molecule has 0 bridgehead atoms. The van der Waals surface area contributed by atoms with Crippen molar-refractivity contribution >= 4 is 5.97 Å². The van der Waals surface area contributed by atoms with Crippen LogP contribution in [0.15, 0.2) is 48.5 Å². The normalized spacial score (nSPS) is 13.6. The van der Waals surface area contributed by atoms with Crippen LogP contribution >= 0.6 is 0 Å². The Kier molecular flexibility index (Phi) is 7.50. The molecule has 0 aliphatic carbocycles. The molecule has 4 heteroatoms. The Morgan fingerprint density at radius 1 is 1.00 bits per heavy atom. The van der Waals surface area contributed by atoms with Gasteiger partial charge in [-0.2, -0.15) is 0 Å². The molecular formula is C24H32O4. The highest BCUT2D eigenvalue weighted by Crippen LogP contribution is 2.33. The third-order valence-electron chi connectivity index (χ3n) is 4.72. The van der Waals surface area contributed by atoms with Crippen molar-refractivity contribution in [1.29, 1.82) is 0 Å². The van der Waals surface area contributed by atoms with Crippen molar-refractivity contribution < 1.29 is 19.4 Å². The highest BCUT2D eigenvalue weighted by molar-refractivity contribution is 5.71. The van der Waals surface area contributed by atoms with E-state index in [4.69, 9.17) is 9.47 Å². The number of ether oxygens (including phenoxy) is 2. The zero-order chi connectivity index (χ0) is 20.7. The molecule has 2 unspecified atom stereocenters. The summed E-state index contributed by atoms with van der Waals surface area (Å²) in [5, 5.41) is 9.49. The molecule has 4 nitrogen and oxygen atoms in total. The second-order valence-corrected chi connectivity index (χ2v) is 8.28. The molecule has 0 aliphatic rings. The summed E-state index contributed by atoms with van der Waals surface area (Å²) in [6, 6.07) is 15.4. The fraction of sp³-hybridized carbons (Fsp3) is 0.458. The van der Waals surface area contributed by atoms with Gasteiger partial charge in [-0.15, -0.1) is 0 Å². The molecule has 0 saturated heterocycles. The van der Waals surface area contributed by atoms with Crippen LogP contribution in [0, 0.1) is 0 Å². The molecule has 2 rings (SSSR count). The lowest BCUT2D eigenvalue weighted by Crippen LogP contribution is -2.27. The number of aromatic hydroxyl groups is 1. The standard InChI is InChI=1S/C24H32O4/c1-6-18(20-7-11-21(25)12-8-20)15-17(2)19-9-13-22(14-10-19)27-16-23(26)28-24(3,4)5/h7-14,17-18,25H,6,15-16H2,1-5H3. The number of phenols is 1. The average Bonchev–Trinajstić information content (AvgIpc) is 2.64. The first-order valence-electron chi connectivity index (χ1n) is 9.91. The summed E-state index contributed by atoms with van der Waals surface area (Å²) in [6.07, 6.45) is 2.07. The van der Waals surface area contributed by atoms with Gasteiger partial charge in [-0.1, -0.05) is 38.1 Å². The van der Waals surface area contributed by atoms with Crippen molar-refractivity contribution in [2.75, 3.05) is 6.61 Å². The number of benzene rings is 2. The maximum absolute atomic E-state index is 11.8. The number of phenolic OH excluding ortho intramolecular Hbond substituents is 1. The summed E-state index contributed by atoms with van der Waals surface area (Å²) in [7, 11) is 0. The predicted molar refractivity (Wildman–Crippen MR) is 112 cm³/mol. The molecular weight excluding hydrogens is 352 g/mol. The number of carbonyl (C=O) groups excluding carboxylic acids is 1. The van der Waals surface area contributed by atoms with Gasteiger partial charge in [-0.3, -0.25) is 0 Å². The van der Waals surface area contributed by atoms with Crippen LogP contribution in [0.25, 0.3) is 0 Å². The Hall–Kier alpha value is -2.49. The van der Waals surface area contributed by atoms with Gasteiger partial charge < -0.3 is 14.6 Å². The van der Waals surface area contributed by atoms with Gasteiger partial charge in [0.25, 0.3) is 0 Å². The van der Waals surface area contributed by atoms with Gasteiger partial charge >= 0.3 is 5.97 Å². The van der Waals surface area contributed by atoms with E-state index in [1.165, 1.54) is 11.1 Å². The summed E-state index contributed by atoms with van der Waals surface area (Å²) in [5.74, 6) is 1.42. The van der Waals surface area contributed by atoms with E-state index >= 15 is 0 Å². The van der Waals surface area contributed by atoms with Crippen molar-refractivity contribution in [2.45, 2.75) is 64.9 Å². The highest BCUT2D eigenvalue weighted by atomic mass is 16.6. The van der Waals surface area contributed by atoms with Gasteiger partial charge in [0.2, 0.25) is 0 Å². The first-order chi connectivity index (χ1) is 13.2. The summed E-state index contributed by atoms with van der Waals surface area (Å²) in [5.41, 5.74) is 1.99. The largest absolute Gasteiger partial charge is 0.508 e. The average molecular weight is 385 g/mol. The number of hydrogen-bond donors (Lipinski definition) is 1. The van der Waals surface area contributed by atoms with Crippen molar-refractivity contribution in [1.82, 2.24) is 0 Å². The number of rotatable bonds is 8. The molecule has 1 N–H and O–H groups in total. The molecule has 2 atom stereocenters. The van der Waals surface area contributed by atoms with Crippen molar-refractivity contribution in [3.8, 4) is 11.5 Å². The second-order valence-electron chi connectivity index (χ2n) is 8.28. The minimum atomic E-state index is -0.507.